The van der Waals surface area contributed by atoms with Gasteiger partial charge in [-0.2, -0.15) is 0 Å². The maximum Gasteiger partial charge on any atom is 0.243 e. The zero-order valence-corrected chi connectivity index (χ0v) is 7.65. The summed E-state index contributed by atoms with van der Waals surface area (Å²) >= 11 is 0. The highest BCUT2D eigenvalue weighted by atomic mass is 35.5. The molecule has 1 heterocycles. The molecule has 0 spiro atoms. The van der Waals surface area contributed by atoms with Gasteiger partial charge in [-0.3, -0.25) is 9.48 Å². The molecule has 0 bridgehead atoms. The van der Waals surface area contributed by atoms with Crippen molar-refractivity contribution in [3.63, 3.8) is 0 Å². The molecule has 1 rings (SSSR count). The van der Waals surface area contributed by atoms with Crippen LogP contribution in [-0.4, -0.2) is 42.0 Å². The first-order valence-corrected chi connectivity index (χ1v) is 3.55. The number of halogens is 1. The zero-order valence-electron chi connectivity index (χ0n) is 6.89. The van der Waals surface area contributed by atoms with Crippen molar-refractivity contribution in [2.75, 3.05) is 26.7 Å². The van der Waals surface area contributed by atoms with Crippen molar-refractivity contribution < 1.29 is 17.0 Å². The SMILES string of the molecule is CCN1CC[N+](C)=C1C.[Cl-]. The van der Waals surface area contributed by atoms with E-state index in [0.29, 0.717) is 0 Å². The van der Waals surface area contributed by atoms with E-state index in [-0.39, 0.29) is 12.4 Å². The largest absolute Gasteiger partial charge is 1.00 e. The maximum absolute atomic E-state index is 2.39. The average molecular weight is 163 g/mol. The fraction of sp³-hybridized carbons (Fsp3) is 0.857. The summed E-state index contributed by atoms with van der Waals surface area (Å²) in [5.74, 6) is 1.41. The fourth-order valence-electron chi connectivity index (χ4n) is 1.22. The highest BCUT2D eigenvalue weighted by Crippen LogP contribution is 1.97. The predicted molar refractivity (Wildman–Crippen MR) is 39.0 cm³/mol. The Morgan fingerprint density at radius 2 is 2.20 bits per heavy atom. The molecule has 0 unspecified atom stereocenters. The molecule has 2 nitrogen and oxygen atoms in total. The van der Waals surface area contributed by atoms with Gasteiger partial charge in [-0.1, -0.05) is 0 Å². The Balaban J connectivity index is 0.000000810. The lowest BCUT2D eigenvalue weighted by molar-refractivity contribution is -0.487. The molecule has 0 aliphatic carbocycles. The highest BCUT2D eigenvalue weighted by Gasteiger charge is 2.21. The molecule has 3 heteroatoms. The van der Waals surface area contributed by atoms with Gasteiger partial charge in [0, 0.05) is 6.92 Å². The van der Waals surface area contributed by atoms with Crippen LogP contribution >= 0.6 is 0 Å². The third kappa shape index (κ3) is 1.63. The lowest BCUT2D eigenvalue weighted by Gasteiger charge is -2.04. The number of hydrogen-bond acceptors (Lipinski definition) is 1. The molecule has 60 valence electrons. The lowest BCUT2D eigenvalue weighted by atomic mass is 10.5. The maximum atomic E-state index is 2.39. The molecule has 0 amide bonds. The van der Waals surface area contributed by atoms with Gasteiger partial charge in [-0.05, 0) is 6.92 Å². The summed E-state index contributed by atoms with van der Waals surface area (Å²) in [5.41, 5.74) is 0. The summed E-state index contributed by atoms with van der Waals surface area (Å²) in [6.45, 7) is 7.92. The Labute approximate surface area is 68.9 Å². The quantitative estimate of drug-likeness (QED) is 0.383. The van der Waals surface area contributed by atoms with Crippen molar-refractivity contribution in [1.29, 1.82) is 0 Å². The van der Waals surface area contributed by atoms with E-state index in [1.165, 1.54) is 18.9 Å². The van der Waals surface area contributed by atoms with E-state index in [9.17, 15) is 0 Å². The Bertz CT molecular complexity index is 143. The molecular formula is C7H15ClN2. The van der Waals surface area contributed by atoms with Crippen molar-refractivity contribution >= 4 is 5.84 Å². The van der Waals surface area contributed by atoms with E-state index < -0.39 is 0 Å². The number of likely N-dealkylation sites (N-methyl/N-ethyl adjacent to an activating group) is 2. The van der Waals surface area contributed by atoms with E-state index >= 15 is 0 Å². The molecular weight excluding hydrogens is 148 g/mol. The van der Waals surface area contributed by atoms with Gasteiger partial charge in [0.1, 0.15) is 13.1 Å². The van der Waals surface area contributed by atoms with E-state index in [4.69, 9.17) is 0 Å². The van der Waals surface area contributed by atoms with Gasteiger partial charge < -0.3 is 12.4 Å². The molecule has 0 atom stereocenters. The third-order valence-electron chi connectivity index (χ3n) is 2.10. The van der Waals surface area contributed by atoms with Gasteiger partial charge in [-0.15, -0.1) is 0 Å². The molecule has 0 aromatic carbocycles. The van der Waals surface area contributed by atoms with Crippen LogP contribution in [0.2, 0.25) is 0 Å². The first-order chi connectivity index (χ1) is 4.25. The van der Waals surface area contributed by atoms with E-state index in [1.54, 1.807) is 0 Å². The Kier molecular flexibility index (Phi) is 3.72. The van der Waals surface area contributed by atoms with Gasteiger partial charge in [0.25, 0.3) is 0 Å². The van der Waals surface area contributed by atoms with Crippen molar-refractivity contribution in [2.24, 2.45) is 0 Å². The second-order valence-electron chi connectivity index (χ2n) is 2.55. The topological polar surface area (TPSA) is 6.25 Å². The summed E-state index contributed by atoms with van der Waals surface area (Å²) < 4.78 is 2.30. The molecule has 0 N–H and O–H groups in total. The molecule has 0 aromatic heterocycles. The number of rotatable bonds is 1. The standard InChI is InChI=1S/C7H15N2.ClH/c1-4-9-6-5-8(3)7(9)2;/h4-6H2,1-3H3;1H/q+1;/p-1. The third-order valence-corrected chi connectivity index (χ3v) is 2.10. The normalized spacial score (nSPS) is 17.7. The fourth-order valence-corrected chi connectivity index (χ4v) is 1.22. The second kappa shape index (κ2) is 3.81. The van der Waals surface area contributed by atoms with Gasteiger partial charge in [0.2, 0.25) is 5.84 Å². The summed E-state index contributed by atoms with van der Waals surface area (Å²) in [7, 11) is 2.14. The predicted octanol–water partition coefficient (Wildman–Crippen LogP) is -2.61. The first-order valence-electron chi connectivity index (χ1n) is 3.55. The molecule has 0 saturated heterocycles. The molecule has 0 fully saturated rings. The van der Waals surface area contributed by atoms with Crippen LogP contribution in [0.25, 0.3) is 0 Å². The van der Waals surface area contributed by atoms with Crippen LogP contribution in [0.15, 0.2) is 0 Å². The van der Waals surface area contributed by atoms with Crippen molar-refractivity contribution in [3.8, 4) is 0 Å². The van der Waals surface area contributed by atoms with Gasteiger partial charge in [0.15, 0.2) is 0 Å². The lowest BCUT2D eigenvalue weighted by Crippen LogP contribution is -3.00. The summed E-state index contributed by atoms with van der Waals surface area (Å²) in [4.78, 5) is 2.39. The Morgan fingerprint density at radius 1 is 1.60 bits per heavy atom. The highest BCUT2D eigenvalue weighted by molar-refractivity contribution is 5.75. The average Bonchev–Trinajstić information content (AvgIpc) is 2.15. The van der Waals surface area contributed by atoms with Crippen molar-refractivity contribution in [3.05, 3.63) is 0 Å². The molecule has 0 radical (unpaired) electrons. The van der Waals surface area contributed by atoms with Crippen molar-refractivity contribution in [2.45, 2.75) is 13.8 Å². The van der Waals surface area contributed by atoms with E-state index in [1.807, 2.05) is 0 Å². The number of nitrogens with zero attached hydrogens (tertiary/aromatic N) is 2. The van der Waals surface area contributed by atoms with Crippen LogP contribution in [0.4, 0.5) is 0 Å². The smallest absolute Gasteiger partial charge is 0.243 e. The summed E-state index contributed by atoms with van der Waals surface area (Å²) in [6, 6.07) is 0. The summed E-state index contributed by atoms with van der Waals surface area (Å²) in [6.07, 6.45) is 0. The Morgan fingerprint density at radius 3 is 2.40 bits per heavy atom. The second-order valence-corrected chi connectivity index (χ2v) is 2.55. The monoisotopic (exact) mass is 162 g/mol. The molecule has 0 saturated carbocycles. The van der Waals surface area contributed by atoms with Crippen LogP contribution in [0.1, 0.15) is 13.8 Å². The zero-order chi connectivity index (χ0) is 6.85. The summed E-state index contributed by atoms with van der Waals surface area (Å²) in [5, 5.41) is 0. The number of hydrogen-bond donors (Lipinski definition) is 0. The number of amidine groups is 1. The van der Waals surface area contributed by atoms with Crippen molar-refractivity contribution in [1.82, 2.24) is 4.90 Å². The van der Waals surface area contributed by atoms with E-state index in [2.05, 4.69) is 30.4 Å². The van der Waals surface area contributed by atoms with Crippen LogP contribution in [0.3, 0.4) is 0 Å². The van der Waals surface area contributed by atoms with Gasteiger partial charge in [0.05, 0.1) is 13.6 Å². The minimum absolute atomic E-state index is 0. The molecule has 1 aliphatic rings. The first kappa shape index (κ1) is 9.76. The van der Waals surface area contributed by atoms with Gasteiger partial charge in [-0.25, -0.2) is 0 Å². The molecule has 1 aliphatic heterocycles. The molecule has 0 aromatic rings. The minimum atomic E-state index is 0. The van der Waals surface area contributed by atoms with Crippen LogP contribution < -0.4 is 12.4 Å². The van der Waals surface area contributed by atoms with Crippen LogP contribution in [-0.2, 0) is 0 Å². The van der Waals surface area contributed by atoms with Crippen LogP contribution in [0.5, 0.6) is 0 Å². The molecule has 10 heavy (non-hydrogen) atoms. The minimum Gasteiger partial charge on any atom is -1.00 e. The van der Waals surface area contributed by atoms with Crippen LogP contribution in [0, 0.1) is 0 Å². The van der Waals surface area contributed by atoms with E-state index in [0.717, 1.165) is 6.54 Å². The Hall–Kier alpha value is -0.240. The van der Waals surface area contributed by atoms with Gasteiger partial charge >= 0.3 is 0 Å².